The van der Waals surface area contributed by atoms with E-state index in [9.17, 15) is 0 Å². The Bertz CT molecular complexity index is 323. The molecule has 3 heteroatoms. The molecule has 0 atom stereocenters. The van der Waals surface area contributed by atoms with Gasteiger partial charge in [-0.15, -0.1) is 0 Å². The fraction of sp³-hybridized carbons (Fsp3) is 0.417. The molecule has 0 heterocycles. The maximum atomic E-state index is 9.07. The van der Waals surface area contributed by atoms with Crippen molar-refractivity contribution in [2.45, 2.75) is 26.9 Å². The molecule has 0 fully saturated rings. The van der Waals surface area contributed by atoms with Gasteiger partial charge in [0.05, 0.1) is 12.7 Å². The number of halogens is 1. The number of aliphatic hydroxyl groups excluding tert-OH is 1. The van der Waals surface area contributed by atoms with Gasteiger partial charge in [0.1, 0.15) is 5.75 Å². The largest absolute Gasteiger partial charge is 0.491 e. The average Bonchev–Trinajstić information content (AvgIpc) is 2.14. The van der Waals surface area contributed by atoms with Crippen LogP contribution in [0.1, 0.15) is 26.3 Å². The zero-order valence-electron chi connectivity index (χ0n) is 9.25. The highest BCUT2D eigenvalue weighted by Crippen LogP contribution is 2.24. The normalized spacial score (nSPS) is 11.1. The van der Waals surface area contributed by atoms with Crippen molar-refractivity contribution in [1.82, 2.24) is 0 Å². The summed E-state index contributed by atoms with van der Waals surface area (Å²) in [7, 11) is 0. The molecule has 1 N–H and O–H groups in total. The second kappa shape index (κ2) is 5.70. The van der Waals surface area contributed by atoms with E-state index in [0.717, 1.165) is 20.8 Å². The molecule has 0 aromatic heterocycles. The first-order valence-corrected chi connectivity index (χ1v) is 6.01. The molecule has 0 spiro atoms. The van der Waals surface area contributed by atoms with Crippen molar-refractivity contribution in [3.8, 4) is 5.75 Å². The van der Waals surface area contributed by atoms with Gasteiger partial charge in [0.25, 0.3) is 0 Å². The van der Waals surface area contributed by atoms with Crippen molar-refractivity contribution in [3.05, 3.63) is 33.3 Å². The van der Waals surface area contributed by atoms with Gasteiger partial charge in [-0.3, -0.25) is 0 Å². The van der Waals surface area contributed by atoms with Gasteiger partial charge in [0.2, 0.25) is 0 Å². The molecule has 1 radical (unpaired) electrons. The van der Waals surface area contributed by atoms with Gasteiger partial charge in [0, 0.05) is 9.49 Å². The summed E-state index contributed by atoms with van der Waals surface area (Å²) in [6.07, 6.45) is 0.172. The van der Waals surface area contributed by atoms with E-state index in [-0.39, 0.29) is 12.7 Å². The molecule has 2 nitrogen and oxygen atoms in total. The summed E-state index contributed by atoms with van der Waals surface area (Å²) >= 11 is 2.25. The van der Waals surface area contributed by atoms with Gasteiger partial charge in [-0.05, 0) is 60.2 Å². The predicted octanol–water partition coefficient (Wildman–Crippen LogP) is 3.01. The predicted molar refractivity (Wildman–Crippen MR) is 70.0 cm³/mol. The zero-order chi connectivity index (χ0) is 11.4. The Morgan fingerprint density at radius 3 is 2.60 bits per heavy atom. The number of hydrogen-bond donors (Lipinski definition) is 1. The molecule has 83 valence electrons. The molecule has 1 aromatic rings. The molecule has 0 amide bonds. The SMILES string of the molecule is C[C](CO)c1cc(I)cc(OC(C)C)c1. The van der Waals surface area contributed by atoms with Gasteiger partial charge in [-0.25, -0.2) is 0 Å². The van der Waals surface area contributed by atoms with Crippen LogP contribution in [0.15, 0.2) is 18.2 Å². The zero-order valence-corrected chi connectivity index (χ0v) is 11.4. The lowest BCUT2D eigenvalue weighted by atomic mass is 10.0. The molecule has 1 rings (SSSR count). The number of aliphatic hydroxyl groups is 1. The maximum Gasteiger partial charge on any atom is 0.121 e. The van der Waals surface area contributed by atoms with Crippen molar-refractivity contribution < 1.29 is 9.84 Å². The highest BCUT2D eigenvalue weighted by Gasteiger charge is 2.08. The summed E-state index contributed by atoms with van der Waals surface area (Å²) in [6, 6.07) is 6.00. The minimum Gasteiger partial charge on any atom is -0.491 e. The molecular weight excluding hydrogens is 303 g/mol. The fourth-order valence-electron chi connectivity index (χ4n) is 1.24. The Morgan fingerprint density at radius 2 is 2.07 bits per heavy atom. The number of ether oxygens (including phenoxy) is 1. The summed E-state index contributed by atoms with van der Waals surface area (Å²) in [5, 5.41) is 9.07. The Labute approximate surface area is 105 Å². The van der Waals surface area contributed by atoms with Crippen LogP contribution in [-0.2, 0) is 0 Å². The van der Waals surface area contributed by atoms with E-state index in [2.05, 4.69) is 22.6 Å². The smallest absolute Gasteiger partial charge is 0.121 e. The van der Waals surface area contributed by atoms with Gasteiger partial charge < -0.3 is 9.84 Å². The van der Waals surface area contributed by atoms with Gasteiger partial charge >= 0.3 is 0 Å². The quantitative estimate of drug-likeness (QED) is 0.865. The van der Waals surface area contributed by atoms with Crippen molar-refractivity contribution in [1.29, 1.82) is 0 Å². The average molecular weight is 319 g/mol. The van der Waals surface area contributed by atoms with E-state index in [4.69, 9.17) is 9.84 Å². The van der Waals surface area contributed by atoms with E-state index < -0.39 is 0 Å². The minimum absolute atomic E-state index is 0.0845. The molecule has 0 aliphatic rings. The first-order valence-electron chi connectivity index (χ1n) is 4.94. The van der Waals surface area contributed by atoms with Crippen LogP contribution in [0.25, 0.3) is 0 Å². The first-order chi connectivity index (χ1) is 7.02. The van der Waals surface area contributed by atoms with E-state index in [0.29, 0.717) is 0 Å². The summed E-state index contributed by atoms with van der Waals surface area (Å²) in [5.41, 5.74) is 1.04. The van der Waals surface area contributed by atoms with Gasteiger partial charge in [-0.1, -0.05) is 6.92 Å². The van der Waals surface area contributed by atoms with Crippen molar-refractivity contribution >= 4 is 22.6 Å². The second-order valence-corrected chi connectivity index (χ2v) is 5.03. The lowest BCUT2D eigenvalue weighted by Gasteiger charge is -2.14. The van der Waals surface area contributed by atoms with E-state index in [1.54, 1.807) is 0 Å². The number of rotatable bonds is 4. The molecular formula is C12H16IO2. The summed E-state index contributed by atoms with van der Waals surface area (Å²) in [5.74, 6) is 1.82. The molecule has 0 saturated carbocycles. The highest BCUT2D eigenvalue weighted by molar-refractivity contribution is 14.1. The number of benzene rings is 1. The molecule has 1 aromatic carbocycles. The van der Waals surface area contributed by atoms with Crippen LogP contribution in [0.4, 0.5) is 0 Å². The fourth-order valence-corrected chi connectivity index (χ4v) is 1.88. The van der Waals surface area contributed by atoms with E-state index in [1.165, 1.54) is 0 Å². The standard InChI is InChI=1S/C12H16IO2/c1-8(2)15-12-5-10(9(3)7-14)4-11(13)6-12/h4-6,8,14H,7H2,1-3H3. The van der Waals surface area contributed by atoms with Crippen molar-refractivity contribution in [2.24, 2.45) is 0 Å². The van der Waals surface area contributed by atoms with E-state index in [1.807, 2.05) is 39.0 Å². The second-order valence-electron chi connectivity index (χ2n) is 3.78. The monoisotopic (exact) mass is 319 g/mol. The van der Waals surface area contributed by atoms with Crippen molar-refractivity contribution in [2.75, 3.05) is 6.61 Å². The third-order valence-corrected chi connectivity index (χ3v) is 2.60. The molecule has 15 heavy (non-hydrogen) atoms. The van der Waals surface area contributed by atoms with Crippen LogP contribution in [-0.4, -0.2) is 17.8 Å². The molecule has 0 aliphatic carbocycles. The minimum atomic E-state index is 0.0845. The van der Waals surface area contributed by atoms with Crippen LogP contribution >= 0.6 is 22.6 Å². The van der Waals surface area contributed by atoms with Crippen LogP contribution < -0.4 is 4.74 Å². The Kier molecular flexibility index (Phi) is 4.86. The van der Waals surface area contributed by atoms with Crippen molar-refractivity contribution in [3.63, 3.8) is 0 Å². The third-order valence-electron chi connectivity index (χ3n) is 1.97. The van der Waals surface area contributed by atoms with Crippen LogP contribution in [0.3, 0.4) is 0 Å². The Morgan fingerprint density at radius 1 is 1.40 bits per heavy atom. The Balaban J connectivity index is 2.94. The molecule has 0 aliphatic heterocycles. The molecule has 0 unspecified atom stereocenters. The number of hydrogen-bond acceptors (Lipinski definition) is 2. The highest BCUT2D eigenvalue weighted by atomic mass is 127. The van der Waals surface area contributed by atoms with Gasteiger partial charge in [-0.2, -0.15) is 0 Å². The van der Waals surface area contributed by atoms with Gasteiger partial charge in [0.15, 0.2) is 0 Å². The topological polar surface area (TPSA) is 29.5 Å². The summed E-state index contributed by atoms with van der Waals surface area (Å²) in [6.45, 7) is 6.01. The summed E-state index contributed by atoms with van der Waals surface area (Å²) < 4.78 is 6.75. The lowest BCUT2D eigenvalue weighted by Crippen LogP contribution is -2.07. The van der Waals surface area contributed by atoms with Crippen LogP contribution in [0, 0.1) is 9.49 Å². The van der Waals surface area contributed by atoms with E-state index >= 15 is 0 Å². The lowest BCUT2D eigenvalue weighted by molar-refractivity contribution is 0.242. The maximum absolute atomic E-state index is 9.07. The Hall–Kier alpha value is -0.290. The summed E-state index contributed by atoms with van der Waals surface area (Å²) in [4.78, 5) is 0. The van der Waals surface area contributed by atoms with Crippen LogP contribution in [0.2, 0.25) is 0 Å². The molecule has 0 bridgehead atoms. The first kappa shape index (κ1) is 12.8. The molecule has 0 saturated heterocycles. The third kappa shape index (κ3) is 3.99. The van der Waals surface area contributed by atoms with Crippen LogP contribution in [0.5, 0.6) is 5.75 Å².